The largest absolute Gasteiger partial charge is 0.491 e. The first-order chi connectivity index (χ1) is 17.2. The lowest BCUT2D eigenvalue weighted by Crippen LogP contribution is -2.24. The summed E-state index contributed by atoms with van der Waals surface area (Å²) in [5, 5.41) is 0. The first-order valence-electron chi connectivity index (χ1n) is 12.2. The van der Waals surface area contributed by atoms with E-state index in [0.717, 1.165) is 54.2 Å². The van der Waals surface area contributed by atoms with E-state index in [-0.39, 0.29) is 5.97 Å². The number of anilines is 1. The zero-order valence-corrected chi connectivity index (χ0v) is 20.5. The molecule has 0 bridgehead atoms. The first-order valence-corrected chi connectivity index (χ1v) is 12.2. The maximum absolute atomic E-state index is 12.4. The van der Waals surface area contributed by atoms with E-state index >= 15 is 0 Å². The standard InChI is InChI=1S/C30H33NO4/c1-3-17-34-18-19-35-28-12-9-24(10-13-28)25-11-14-29-27(20-25)21-26(30(32)33-2)15-16-31(29)22-23-7-5-4-6-8-23/h4-14,20-21H,3,15-19,22H2,1-2H3. The third-order valence-electron chi connectivity index (χ3n) is 6.05. The van der Waals surface area contributed by atoms with Crippen molar-refractivity contribution in [2.24, 2.45) is 0 Å². The second-order valence-corrected chi connectivity index (χ2v) is 8.58. The van der Waals surface area contributed by atoms with Crippen molar-refractivity contribution in [3.63, 3.8) is 0 Å². The van der Waals surface area contributed by atoms with Gasteiger partial charge in [0.15, 0.2) is 0 Å². The van der Waals surface area contributed by atoms with Gasteiger partial charge < -0.3 is 19.1 Å². The lowest BCUT2D eigenvalue weighted by Gasteiger charge is -2.25. The molecule has 3 aromatic carbocycles. The van der Waals surface area contributed by atoms with Crippen molar-refractivity contribution >= 4 is 17.7 Å². The molecule has 0 N–H and O–H groups in total. The summed E-state index contributed by atoms with van der Waals surface area (Å²) >= 11 is 0. The molecular weight excluding hydrogens is 438 g/mol. The highest BCUT2D eigenvalue weighted by Gasteiger charge is 2.20. The Kier molecular flexibility index (Phi) is 8.58. The van der Waals surface area contributed by atoms with Gasteiger partial charge in [0.25, 0.3) is 0 Å². The van der Waals surface area contributed by atoms with Crippen LogP contribution in [-0.2, 0) is 20.8 Å². The Morgan fingerprint density at radius 1 is 0.914 bits per heavy atom. The predicted molar refractivity (Wildman–Crippen MR) is 141 cm³/mol. The third-order valence-corrected chi connectivity index (χ3v) is 6.05. The molecule has 0 spiro atoms. The van der Waals surface area contributed by atoms with E-state index in [1.807, 2.05) is 24.3 Å². The average molecular weight is 472 g/mol. The molecule has 5 heteroatoms. The van der Waals surface area contributed by atoms with Crippen LogP contribution >= 0.6 is 0 Å². The summed E-state index contributed by atoms with van der Waals surface area (Å²) in [6.07, 6.45) is 3.62. The zero-order chi connectivity index (χ0) is 24.5. The fourth-order valence-electron chi connectivity index (χ4n) is 4.24. The van der Waals surface area contributed by atoms with Gasteiger partial charge in [0.05, 0.1) is 13.7 Å². The van der Waals surface area contributed by atoms with Gasteiger partial charge in [-0.25, -0.2) is 4.79 Å². The van der Waals surface area contributed by atoms with Crippen LogP contribution in [0.4, 0.5) is 5.69 Å². The minimum atomic E-state index is -0.271. The molecule has 3 aromatic rings. The lowest BCUT2D eigenvalue weighted by molar-refractivity contribution is -0.136. The van der Waals surface area contributed by atoms with Gasteiger partial charge in [0.2, 0.25) is 0 Å². The molecule has 0 amide bonds. The van der Waals surface area contributed by atoms with E-state index in [0.29, 0.717) is 25.2 Å². The molecule has 0 unspecified atom stereocenters. The molecule has 0 saturated heterocycles. The van der Waals surface area contributed by atoms with Gasteiger partial charge in [-0.1, -0.05) is 55.5 Å². The number of ether oxygens (including phenoxy) is 3. The molecule has 0 aliphatic carbocycles. The number of hydrogen-bond donors (Lipinski definition) is 0. The molecule has 0 fully saturated rings. The molecule has 0 radical (unpaired) electrons. The SMILES string of the molecule is CCCOCCOc1ccc(-c2ccc3c(c2)C=C(C(=O)OC)CCN3Cc2ccccc2)cc1. The Labute approximate surface area is 207 Å². The Morgan fingerprint density at radius 2 is 1.69 bits per heavy atom. The van der Waals surface area contributed by atoms with Crippen LogP contribution in [0.15, 0.2) is 78.4 Å². The number of methoxy groups -OCH3 is 1. The second kappa shape index (κ2) is 12.2. The smallest absolute Gasteiger partial charge is 0.333 e. The van der Waals surface area contributed by atoms with Crippen LogP contribution in [0.3, 0.4) is 0 Å². The average Bonchev–Trinajstić information content (AvgIpc) is 3.08. The van der Waals surface area contributed by atoms with E-state index < -0.39 is 0 Å². The Hall–Kier alpha value is -3.57. The summed E-state index contributed by atoms with van der Waals surface area (Å²) in [7, 11) is 1.44. The molecule has 1 aliphatic rings. The summed E-state index contributed by atoms with van der Waals surface area (Å²) in [6, 6.07) is 24.9. The highest BCUT2D eigenvalue weighted by atomic mass is 16.5. The Bertz CT molecular complexity index is 1140. The summed E-state index contributed by atoms with van der Waals surface area (Å²) in [6.45, 7) is 5.51. The summed E-state index contributed by atoms with van der Waals surface area (Å²) in [5.74, 6) is 0.554. The minimum Gasteiger partial charge on any atom is -0.491 e. The molecule has 0 aromatic heterocycles. The highest BCUT2D eigenvalue weighted by molar-refractivity contribution is 5.96. The predicted octanol–water partition coefficient (Wildman–Crippen LogP) is 6.13. The van der Waals surface area contributed by atoms with E-state index in [9.17, 15) is 4.79 Å². The fourth-order valence-corrected chi connectivity index (χ4v) is 4.24. The highest BCUT2D eigenvalue weighted by Crippen LogP contribution is 2.34. The number of rotatable bonds is 10. The fraction of sp³-hybridized carbons (Fsp3) is 0.300. The van der Waals surface area contributed by atoms with E-state index in [4.69, 9.17) is 14.2 Å². The van der Waals surface area contributed by atoms with Crippen LogP contribution in [0.5, 0.6) is 5.75 Å². The van der Waals surface area contributed by atoms with Crippen LogP contribution in [0.25, 0.3) is 17.2 Å². The Balaban J connectivity index is 1.56. The van der Waals surface area contributed by atoms with Crippen LogP contribution < -0.4 is 9.64 Å². The number of carbonyl (C=O) groups excluding carboxylic acids is 1. The normalized spacial score (nSPS) is 13.0. The molecular formula is C30H33NO4. The molecule has 4 rings (SSSR count). The minimum absolute atomic E-state index is 0.271. The van der Waals surface area contributed by atoms with Crippen molar-refractivity contribution in [1.82, 2.24) is 0 Å². The Morgan fingerprint density at radius 3 is 2.43 bits per heavy atom. The van der Waals surface area contributed by atoms with Gasteiger partial charge >= 0.3 is 5.97 Å². The molecule has 5 nitrogen and oxygen atoms in total. The van der Waals surface area contributed by atoms with Crippen molar-refractivity contribution < 1.29 is 19.0 Å². The number of nitrogens with zero attached hydrogens (tertiary/aromatic N) is 1. The van der Waals surface area contributed by atoms with Gasteiger partial charge in [0.1, 0.15) is 12.4 Å². The molecule has 35 heavy (non-hydrogen) atoms. The van der Waals surface area contributed by atoms with Crippen molar-refractivity contribution in [3.05, 3.63) is 89.5 Å². The molecule has 0 atom stereocenters. The van der Waals surface area contributed by atoms with Crippen LogP contribution in [0, 0.1) is 0 Å². The van der Waals surface area contributed by atoms with Crippen molar-refractivity contribution in [1.29, 1.82) is 0 Å². The third kappa shape index (κ3) is 6.52. The maximum Gasteiger partial charge on any atom is 0.333 e. The molecule has 1 heterocycles. The zero-order valence-electron chi connectivity index (χ0n) is 20.5. The van der Waals surface area contributed by atoms with Crippen molar-refractivity contribution in [2.75, 3.05) is 38.4 Å². The van der Waals surface area contributed by atoms with E-state index in [1.165, 1.54) is 12.7 Å². The van der Waals surface area contributed by atoms with Crippen molar-refractivity contribution in [3.8, 4) is 16.9 Å². The van der Waals surface area contributed by atoms with E-state index in [2.05, 4.69) is 66.4 Å². The van der Waals surface area contributed by atoms with Gasteiger partial charge in [0, 0.05) is 31.0 Å². The quantitative estimate of drug-likeness (QED) is 0.263. The summed E-state index contributed by atoms with van der Waals surface area (Å²) < 4.78 is 16.3. The van der Waals surface area contributed by atoms with Gasteiger partial charge in [-0.3, -0.25) is 0 Å². The van der Waals surface area contributed by atoms with Gasteiger partial charge in [-0.15, -0.1) is 0 Å². The van der Waals surface area contributed by atoms with Crippen LogP contribution in [0.1, 0.15) is 30.9 Å². The summed E-state index contributed by atoms with van der Waals surface area (Å²) in [4.78, 5) is 14.7. The number of carbonyl (C=O) groups is 1. The first kappa shape index (κ1) is 24.6. The number of esters is 1. The number of benzene rings is 3. The van der Waals surface area contributed by atoms with Gasteiger partial charge in [-0.2, -0.15) is 0 Å². The maximum atomic E-state index is 12.4. The molecule has 0 saturated carbocycles. The second-order valence-electron chi connectivity index (χ2n) is 8.58. The molecule has 182 valence electrons. The number of hydrogen-bond acceptors (Lipinski definition) is 5. The topological polar surface area (TPSA) is 48.0 Å². The molecule has 1 aliphatic heterocycles. The lowest BCUT2D eigenvalue weighted by atomic mass is 10.00. The van der Waals surface area contributed by atoms with Crippen LogP contribution in [-0.4, -0.2) is 39.4 Å². The van der Waals surface area contributed by atoms with E-state index in [1.54, 1.807) is 0 Å². The van der Waals surface area contributed by atoms with Crippen molar-refractivity contribution in [2.45, 2.75) is 26.3 Å². The van der Waals surface area contributed by atoms with Gasteiger partial charge in [-0.05, 0) is 65.4 Å². The number of fused-ring (bicyclic) bond motifs is 1. The monoisotopic (exact) mass is 471 g/mol. The summed E-state index contributed by atoms with van der Waals surface area (Å²) in [5.41, 5.74) is 6.24. The van der Waals surface area contributed by atoms with Crippen LogP contribution in [0.2, 0.25) is 0 Å².